The molecule has 2 heterocycles. The molecule has 0 fully saturated rings. The van der Waals surface area contributed by atoms with E-state index in [1.54, 1.807) is 11.0 Å². The Morgan fingerprint density at radius 1 is 0.970 bits per heavy atom. The summed E-state index contributed by atoms with van der Waals surface area (Å²) in [5.41, 5.74) is 5.07. The van der Waals surface area contributed by atoms with Gasteiger partial charge in [0.15, 0.2) is 0 Å². The molecular formula is C26H32N6O. The molecule has 0 saturated carbocycles. The van der Waals surface area contributed by atoms with Gasteiger partial charge in [-0.05, 0) is 61.2 Å². The molecule has 0 radical (unpaired) electrons. The number of nitrogens with zero attached hydrogens (tertiary/aromatic N) is 6. The molecule has 0 aliphatic carbocycles. The van der Waals surface area contributed by atoms with E-state index in [0.717, 1.165) is 47.3 Å². The van der Waals surface area contributed by atoms with Crippen molar-refractivity contribution in [2.75, 3.05) is 0 Å². The second-order valence-corrected chi connectivity index (χ2v) is 9.46. The van der Waals surface area contributed by atoms with Gasteiger partial charge in [0.1, 0.15) is 6.33 Å². The summed E-state index contributed by atoms with van der Waals surface area (Å²) in [4.78, 5) is 13.2. The quantitative estimate of drug-likeness (QED) is 0.365. The van der Waals surface area contributed by atoms with Gasteiger partial charge in [-0.15, -0.1) is 5.10 Å². The smallest absolute Gasteiger partial charge is 0.294 e. The van der Waals surface area contributed by atoms with Crippen molar-refractivity contribution in [2.24, 2.45) is 0 Å². The fourth-order valence-corrected chi connectivity index (χ4v) is 4.09. The van der Waals surface area contributed by atoms with Crippen LogP contribution in [0.4, 0.5) is 0 Å². The number of hydrogen-bond acceptors (Lipinski definition) is 4. The van der Waals surface area contributed by atoms with Gasteiger partial charge in [-0.25, -0.2) is 4.79 Å². The number of imidazole rings is 1. The van der Waals surface area contributed by atoms with E-state index in [-0.39, 0.29) is 11.2 Å². The third-order valence-corrected chi connectivity index (χ3v) is 5.93. The van der Waals surface area contributed by atoms with Crippen molar-refractivity contribution in [3.05, 3.63) is 82.8 Å². The van der Waals surface area contributed by atoms with Crippen LogP contribution < -0.4 is 5.69 Å². The van der Waals surface area contributed by atoms with E-state index in [0.29, 0.717) is 6.54 Å². The van der Waals surface area contributed by atoms with Gasteiger partial charge < -0.3 is 0 Å². The molecule has 0 saturated heterocycles. The van der Waals surface area contributed by atoms with Gasteiger partial charge >= 0.3 is 5.69 Å². The zero-order chi connectivity index (χ0) is 23.4. The molecule has 2 aromatic carbocycles. The number of hydrogen-bond donors (Lipinski definition) is 0. The number of tetrazole rings is 1. The van der Waals surface area contributed by atoms with Crippen molar-refractivity contribution in [3.8, 4) is 16.8 Å². The van der Waals surface area contributed by atoms with E-state index >= 15 is 0 Å². The van der Waals surface area contributed by atoms with Crippen LogP contribution in [0, 0.1) is 0 Å². The Balaban J connectivity index is 1.63. The molecule has 33 heavy (non-hydrogen) atoms. The van der Waals surface area contributed by atoms with Crippen molar-refractivity contribution in [1.29, 1.82) is 0 Å². The Morgan fingerprint density at radius 3 is 2.39 bits per heavy atom. The van der Waals surface area contributed by atoms with Gasteiger partial charge in [0, 0.05) is 23.0 Å². The van der Waals surface area contributed by atoms with Crippen LogP contribution in [0.5, 0.6) is 0 Å². The minimum absolute atomic E-state index is 0.0575. The van der Waals surface area contributed by atoms with Crippen molar-refractivity contribution < 1.29 is 0 Å². The second kappa shape index (κ2) is 9.57. The molecule has 0 atom stereocenters. The number of rotatable bonds is 8. The number of unbranched alkanes of at least 4 members (excludes halogenated alkanes) is 2. The summed E-state index contributed by atoms with van der Waals surface area (Å²) in [6.07, 6.45) is 8.00. The minimum atomic E-state index is -0.244. The first-order valence-electron chi connectivity index (χ1n) is 11.6. The predicted molar refractivity (Wildman–Crippen MR) is 131 cm³/mol. The van der Waals surface area contributed by atoms with Crippen LogP contribution in [-0.2, 0) is 18.5 Å². The summed E-state index contributed by atoms with van der Waals surface area (Å²) in [5, 5.41) is 11.5. The van der Waals surface area contributed by atoms with Crippen molar-refractivity contribution in [1.82, 2.24) is 29.3 Å². The highest BCUT2D eigenvalue weighted by atomic mass is 16.1. The van der Waals surface area contributed by atoms with Gasteiger partial charge in [-0.3, -0.25) is 9.13 Å². The molecule has 4 aromatic rings. The molecule has 7 nitrogen and oxygen atoms in total. The summed E-state index contributed by atoms with van der Waals surface area (Å²) in [5.74, 6) is 0. The van der Waals surface area contributed by atoms with Crippen molar-refractivity contribution >= 4 is 0 Å². The fourth-order valence-electron chi connectivity index (χ4n) is 4.09. The molecule has 0 spiro atoms. The molecule has 0 unspecified atom stereocenters. The monoisotopic (exact) mass is 444 g/mol. The second-order valence-electron chi connectivity index (χ2n) is 9.46. The normalized spacial score (nSPS) is 11.8. The van der Waals surface area contributed by atoms with Crippen molar-refractivity contribution in [3.63, 3.8) is 0 Å². The zero-order valence-corrected chi connectivity index (χ0v) is 19.9. The average molecular weight is 445 g/mol. The van der Waals surface area contributed by atoms with Crippen LogP contribution in [-0.4, -0.2) is 29.3 Å². The lowest BCUT2D eigenvalue weighted by Gasteiger charge is -2.19. The Bertz CT molecular complexity index is 1240. The highest BCUT2D eigenvalue weighted by Crippen LogP contribution is 2.26. The van der Waals surface area contributed by atoms with Crippen LogP contribution in [0.3, 0.4) is 0 Å². The predicted octanol–water partition coefficient (Wildman–Crippen LogP) is 4.83. The largest absolute Gasteiger partial charge is 0.329 e. The molecule has 0 N–H and O–H groups in total. The van der Waals surface area contributed by atoms with Gasteiger partial charge in [-0.2, -0.15) is 4.68 Å². The minimum Gasteiger partial charge on any atom is -0.294 e. The molecule has 4 rings (SSSR count). The van der Waals surface area contributed by atoms with Crippen LogP contribution in [0.1, 0.15) is 58.2 Å². The zero-order valence-electron chi connectivity index (χ0n) is 19.9. The first-order valence-corrected chi connectivity index (χ1v) is 11.6. The highest BCUT2D eigenvalue weighted by Gasteiger charge is 2.20. The maximum Gasteiger partial charge on any atom is 0.329 e. The van der Waals surface area contributed by atoms with E-state index in [2.05, 4.69) is 79.7 Å². The van der Waals surface area contributed by atoms with Gasteiger partial charge in [0.2, 0.25) is 0 Å². The third-order valence-electron chi connectivity index (χ3n) is 5.93. The number of para-hydroxylation sites is 1. The highest BCUT2D eigenvalue weighted by molar-refractivity contribution is 5.72. The van der Waals surface area contributed by atoms with Crippen LogP contribution >= 0.6 is 0 Å². The van der Waals surface area contributed by atoms with E-state index in [1.165, 1.54) is 6.42 Å². The Hall–Kier alpha value is -3.48. The Kier molecular flexibility index (Phi) is 6.58. The first kappa shape index (κ1) is 22.7. The summed E-state index contributed by atoms with van der Waals surface area (Å²) in [6.45, 7) is 8.99. The summed E-state index contributed by atoms with van der Waals surface area (Å²) in [6, 6.07) is 16.4. The molecule has 0 aliphatic heterocycles. The van der Waals surface area contributed by atoms with Crippen LogP contribution in [0.2, 0.25) is 0 Å². The molecular weight excluding hydrogens is 412 g/mol. The summed E-state index contributed by atoms with van der Waals surface area (Å²) >= 11 is 0. The maximum atomic E-state index is 13.2. The topological polar surface area (TPSA) is 70.5 Å². The molecule has 2 aromatic heterocycles. The summed E-state index contributed by atoms with van der Waals surface area (Å²) in [7, 11) is 0. The SMILES string of the molecule is CCCCCc1cn(C(C)(C)C)c(=O)n1Cc1ccc(-c2ccccc2-n2cnnn2)cc1. The Labute approximate surface area is 194 Å². The van der Waals surface area contributed by atoms with Gasteiger partial charge in [0.05, 0.1) is 12.2 Å². The molecule has 7 heteroatoms. The van der Waals surface area contributed by atoms with E-state index < -0.39 is 0 Å². The summed E-state index contributed by atoms with van der Waals surface area (Å²) < 4.78 is 5.47. The first-order chi connectivity index (χ1) is 15.9. The van der Waals surface area contributed by atoms with Crippen molar-refractivity contribution in [2.45, 2.75) is 65.5 Å². The van der Waals surface area contributed by atoms with Gasteiger partial charge in [0.25, 0.3) is 0 Å². The Morgan fingerprint density at radius 2 is 1.73 bits per heavy atom. The van der Waals surface area contributed by atoms with E-state index in [4.69, 9.17) is 0 Å². The van der Waals surface area contributed by atoms with Gasteiger partial charge in [-0.1, -0.05) is 62.2 Å². The standard InChI is InChI=1S/C26H32N6O/c1-5-6-7-10-22-18-31(26(2,3)4)25(33)30(22)17-20-13-15-21(16-14-20)23-11-8-9-12-24(23)32-19-27-28-29-32/h8-9,11-16,18-19H,5-7,10,17H2,1-4H3. The van der Waals surface area contributed by atoms with Crippen LogP contribution in [0.15, 0.2) is 65.8 Å². The molecule has 0 bridgehead atoms. The fraction of sp³-hybridized carbons (Fsp3) is 0.385. The number of aryl methyl sites for hydroxylation is 1. The van der Waals surface area contributed by atoms with E-state index in [1.807, 2.05) is 27.3 Å². The van der Waals surface area contributed by atoms with Crippen LogP contribution in [0.25, 0.3) is 16.8 Å². The maximum absolute atomic E-state index is 13.2. The lowest BCUT2D eigenvalue weighted by molar-refractivity contribution is 0.380. The van der Waals surface area contributed by atoms with E-state index in [9.17, 15) is 4.79 Å². The lowest BCUT2D eigenvalue weighted by atomic mass is 10.0. The number of aromatic nitrogens is 6. The number of benzene rings is 2. The molecule has 0 amide bonds. The lowest BCUT2D eigenvalue weighted by Crippen LogP contribution is -2.34. The average Bonchev–Trinajstić information content (AvgIpc) is 3.44. The third kappa shape index (κ3) is 4.97. The molecule has 172 valence electrons. The molecule has 0 aliphatic rings.